The van der Waals surface area contributed by atoms with Gasteiger partial charge in [-0.05, 0) is 42.4 Å². The molecule has 3 aromatic rings. The van der Waals surface area contributed by atoms with E-state index in [1.807, 2.05) is 47.2 Å². The van der Waals surface area contributed by atoms with E-state index < -0.39 is 0 Å². The zero-order valence-electron chi connectivity index (χ0n) is 10.9. The fourth-order valence-electron chi connectivity index (χ4n) is 2.14. The van der Waals surface area contributed by atoms with Crippen LogP contribution in [-0.2, 0) is 12.8 Å². The van der Waals surface area contributed by atoms with Crippen molar-refractivity contribution in [3.8, 4) is 5.69 Å². The fourth-order valence-corrected chi connectivity index (χ4v) is 2.40. The number of nitrogens with zero attached hydrogens (tertiary/aromatic N) is 3. The van der Waals surface area contributed by atoms with E-state index >= 15 is 0 Å². The molecule has 0 bridgehead atoms. The molecule has 2 aromatic heterocycles. The molecule has 0 aliphatic carbocycles. The van der Waals surface area contributed by atoms with Crippen molar-refractivity contribution < 1.29 is 0 Å². The van der Waals surface area contributed by atoms with Crippen LogP contribution in [0.2, 0.25) is 0 Å². The maximum absolute atomic E-state index is 5.32. The summed E-state index contributed by atoms with van der Waals surface area (Å²) in [7, 11) is 0. The van der Waals surface area contributed by atoms with Crippen LogP contribution in [0, 0.1) is 4.77 Å². The van der Waals surface area contributed by atoms with Crippen molar-refractivity contribution in [3.63, 3.8) is 0 Å². The minimum atomic E-state index is 0.623. The second kappa shape index (κ2) is 5.79. The molecule has 4 nitrogen and oxygen atoms in total. The highest BCUT2D eigenvalue weighted by atomic mass is 32.1. The van der Waals surface area contributed by atoms with Gasteiger partial charge in [0, 0.05) is 24.5 Å². The highest BCUT2D eigenvalue weighted by molar-refractivity contribution is 7.71. The molecule has 0 aliphatic rings. The van der Waals surface area contributed by atoms with E-state index in [0.29, 0.717) is 4.77 Å². The van der Waals surface area contributed by atoms with Crippen LogP contribution < -0.4 is 0 Å². The Morgan fingerprint density at radius 1 is 1.05 bits per heavy atom. The van der Waals surface area contributed by atoms with Gasteiger partial charge >= 0.3 is 0 Å². The number of benzene rings is 1. The summed E-state index contributed by atoms with van der Waals surface area (Å²) in [6.07, 6.45) is 5.37. The van der Waals surface area contributed by atoms with Crippen molar-refractivity contribution in [2.75, 3.05) is 0 Å². The Morgan fingerprint density at radius 3 is 2.65 bits per heavy atom. The van der Waals surface area contributed by atoms with E-state index in [4.69, 9.17) is 12.2 Å². The summed E-state index contributed by atoms with van der Waals surface area (Å²) >= 11 is 5.32. The predicted molar refractivity (Wildman–Crippen MR) is 80.4 cm³/mol. The van der Waals surface area contributed by atoms with Gasteiger partial charge in [-0.1, -0.05) is 24.3 Å². The molecule has 0 saturated carbocycles. The Labute approximate surface area is 122 Å². The monoisotopic (exact) mass is 282 g/mol. The highest BCUT2D eigenvalue weighted by Crippen LogP contribution is 2.12. The van der Waals surface area contributed by atoms with Gasteiger partial charge in [-0.15, -0.1) is 0 Å². The van der Waals surface area contributed by atoms with Crippen molar-refractivity contribution in [2.45, 2.75) is 12.8 Å². The van der Waals surface area contributed by atoms with Crippen LogP contribution in [0.1, 0.15) is 11.4 Å². The molecule has 0 radical (unpaired) electrons. The summed E-state index contributed by atoms with van der Waals surface area (Å²) in [5.74, 6) is 0.935. The molecular formula is C15H14N4S. The van der Waals surface area contributed by atoms with Gasteiger partial charge in [0.1, 0.15) is 5.82 Å². The molecular weight excluding hydrogens is 268 g/mol. The first-order chi connectivity index (χ1) is 9.84. The molecule has 0 aliphatic heterocycles. The molecule has 0 atom stereocenters. The summed E-state index contributed by atoms with van der Waals surface area (Å²) in [5.41, 5.74) is 2.23. The summed E-state index contributed by atoms with van der Waals surface area (Å²) in [6.45, 7) is 0. The summed E-state index contributed by atoms with van der Waals surface area (Å²) in [6, 6.07) is 14.1. The van der Waals surface area contributed by atoms with Gasteiger partial charge in [0.2, 0.25) is 0 Å². The van der Waals surface area contributed by atoms with E-state index in [2.05, 4.69) is 21.2 Å². The number of nitrogens with one attached hydrogen (secondary N) is 1. The highest BCUT2D eigenvalue weighted by Gasteiger charge is 2.08. The van der Waals surface area contributed by atoms with Crippen LogP contribution in [0.3, 0.4) is 0 Å². The summed E-state index contributed by atoms with van der Waals surface area (Å²) in [4.78, 5) is 4.13. The number of rotatable bonds is 4. The molecule has 1 aromatic carbocycles. The second-order valence-electron chi connectivity index (χ2n) is 4.48. The average Bonchev–Trinajstić information content (AvgIpc) is 2.88. The number of H-pyrrole nitrogens is 1. The minimum Gasteiger partial charge on any atom is -0.272 e. The van der Waals surface area contributed by atoms with Crippen LogP contribution in [0.15, 0.2) is 54.9 Å². The maximum atomic E-state index is 5.32. The summed E-state index contributed by atoms with van der Waals surface area (Å²) in [5, 5.41) is 7.20. The first-order valence-electron chi connectivity index (χ1n) is 6.45. The number of hydrogen-bond donors (Lipinski definition) is 1. The van der Waals surface area contributed by atoms with Crippen LogP contribution in [0.25, 0.3) is 5.69 Å². The lowest BCUT2D eigenvalue weighted by Crippen LogP contribution is -2.03. The molecule has 0 saturated heterocycles. The van der Waals surface area contributed by atoms with Crippen LogP contribution >= 0.6 is 12.2 Å². The minimum absolute atomic E-state index is 0.623. The number of para-hydroxylation sites is 1. The second-order valence-corrected chi connectivity index (χ2v) is 4.86. The van der Waals surface area contributed by atoms with Gasteiger partial charge in [-0.3, -0.25) is 14.6 Å². The number of aryl methyl sites for hydroxylation is 2. The van der Waals surface area contributed by atoms with Crippen molar-refractivity contribution >= 4 is 12.2 Å². The third-order valence-corrected chi connectivity index (χ3v) is 3.39. The quantitative estimate of drug-likeness (QED) is 0.748. The van der Waals surface area contributed by atoms with Crippen molar-refractivity contribution in [1.29, 1.82) is 0 Å². The third kappa shape index (κ3) is 2.67. The van der Waals surface area contributed by atoms with E-state index in [0.717, 1.165) is 24.4 Å². The van der Waals surface area contributed by atoms with Gasteiger partial charge in [-0.2, -0.15) is 5.10 Å². The largest absolute Gasteiger partial charge is 0.272 e. The molecule has 5 heteroatoms. The Bertz CT molecular complexity index is 731. The van der Waals surface area contributed by atoms with E-state index in [1.165, 1.54) is 5.56 Å². The lowest BCUT2D eigenvalue weighted by atomic mass is 10.1. The number of hydrogen-bond acceptors (Lipinski definition) is 3. The van der Waals surface area contributed by atoms with Gasteiger partial charge in [0.15, 0.2) is 4.77 Å². The van der Waals surface area contributed by atoms with Gasteiger partial charge < -0.3 is 0 Å². The number of aromatic amines is 1. The molecule has 3 rings (SSSR count). The van der Waals surface area contributed by atoms with Crippen LogP contribution in [0.4, 0.5) is 0 Å². The Hall–Kier alpha value is -2.27. The van der Waals surface area contributed by atoms with Crippen LogP contribution in [0.5, 0.6) is 0 Å². The lowest BCUT2D eigenvalue weighted by Gasteiger charge is -2.06. The average molecular weight is 282 g/mol. The molecule has 100 valence electrons. The predicted octanol–water partition coefficient (Wildman–Crippen LogP) is 3.11. The Balaban J connectivity index is 1.87. The molecule has 0 fully saturated rings. The van der Waals surface area contributed by atoms with Gasteiger partial charge in [0.05, 0.1) is 0 Å². The normalized spacial score (nSPS) is 10.6. The first-order valence-corrected chi connectivity index (χ1v) is 6.86. The fraction of sp³-hybridized carbons (Fsp3) is 0.133. The van der Waals surface area contributed by atoms with Crippen molar-refractivity contribution in [2.24, 2.45) is 0 Å². The zero-order valence-corrected chi connectivity index (χ0v) is 11.7. The number of pyridine rings is 1. The van der Waals surface area contributed by atoms with Crippen LogP contribution in [-0.4, -0.2) is 19.7 Å². The zero-order chi connectivity index (χ0) is 13.8. The standard InChI is InChI=1S/C15H14N4S/c20-15-18-17-14(9-8-12-5-4-10-16-11-12)19(15)13-6-2-1-3-7-13/h1-7,10-11H,8-9H2,(H,18,20). The SMILES string of the molecule is S=c1[nH]nc(CCc2cccnc2)n1-c1ccccc1. The Kier molecular flexibility index (Phi) is 3.69. The first kappa shape index (κ1) is 12.7. The van der Waals surface area contributed by atoms with Gasteiger partial charge in [-0.25, -0.2) is 0 Å². The third-order valence-electron chi connectivity index (χ3n) is 3.12. The smallest absolute Gasteiger partial charge is 0.199 e. The molecule has 0 unspecified atom stereocenters. The van der Waals surface area contributed by atoms with E-state index in [-0.39, 0.29) is 0 Å². The van der Waals surface area contributed by atoms with E-state index in [1.54, 1.807) is 6.20 Å². The van der Waals surface area contributed by atoms with E-state index in [9.17, 15) is 0 Å². The van der Waals surface area contributed by atoms with Crippen molar-refractivity contribution in [1.82, 2.24) is 19.7 Å². The topological polar surface area (TPSA) is 46.5 Å². The Morgan fingerprint density at radius 2 is 1.90 bits per heavy atom. The molecule has 0 spiro atoms. The molecule has 2 heterocycles. The van der Waals surface area contributed by atoms with Gasteiger partial charge in [0.25, 0.3) is 0 Å². The number of aromatic nitrogens is 4. The molecule has 0 amide bonds. The maximum Gasteiger partial charge on any atom is 0.199 e. The van der Waals surface area contributed by atoms with Crippen molar-refractivity contribution in [3.05, 3.63) is 71.0 Å². The molecule has 1 N–H and O–H groups in total. The summed E-state index contributed by atoms with van der Waals surface area (Å²) < 4.78 is 2.60. The molecule has 20 heavy (non-hydrogen) atoms. The lowest BCUT2D eigenvalue weighted by molar-refractivity contribution is 0.817.